The SMILES string of the molecule is C=CC(=O)OCCCCCCOc1ccc(C(=O)Oc2ccc(/C=N/N=C/c3ccc(O)c(C(=O)OC)c3)cc2)cc1. The zero-order chi connectivity index (χ0) is 30.2. The largest absolute Gasteiger partial charge is 0.507 e. The summed E-state index contributed by atoms with van der Waals surface area (Å²) in [7, 11) is 1.23. The van der Waals surface area contributed by atoms with Crippen LogP contribution in [0.4, 0.5) is 0 Å². The zero-order valence-electron chi connectivity index (χ0n) is 23.2. The van der Waals surface area contributed by atoms with E-state index in [4.69, 9.17) is 14.2 Å². The Morgan fingerprint density at radius 2 is 1.40 bits per heavy atom. The molecule has 1 N–H and O–H groups in total. The van der Waals surface area contributed by atoms with Crippen LogP contribution in [0.1, 0.15) is 57.5 Å². The van der Waals surface area contributed by atoms with Gasteiger partial charge in [-0.2, -0.15) is 10.2 Å². The number of benzene rings is 3. The van der Waals surface area contributed by atoms with Gasteiger partial charge in [0.05, 0.1) is 38.3 Å². The third-order valence-corrected chi connectivity index (χ3v) is 5.81. The van der Waals surface area contributed by atoms with Crippen LogP contribution in [0, 0.1) is 0 Å². The summed E-state index contributed by atoms with van der Waals surface area (Å²) in [6, 6.07) is 17.9. The number of aromatic hydroxyl groups is 1. The Hall–Kier alpha value is -5.25. The predicted molar refractivity (Wildman–Crippen MR) is 158 cm³/mol. The first-order valence-corrected chi connectivity index (χ1v) is 13.2. The summed E-state index contributed by atoms with van der Waals surface area (Å²) in [4.78, 5) is 35.2. The Morgan fingerprint density at radius 1 is 0.786 bits per heavy atom. The van der Waals surface area contributed by atoms with Gasteiger partial charge in [-0.15, -0.1) is 0 Å². The van der Waals surface area contributed by atoms with Gasteiger partial charge in [-0.1, -0.05) is 6.58 Å². The molecule has 0 saturated heterocycles. The van der Waals surface area contributed by atoms with Gasteiger partial charge >= 0.3 is 17.9 Å². The molecule has 0 amide bonds. The van der Waals surface area contributed by atoms with Crippen molar-refractivity contribution in [2.45, 2.75) is 25.7 Å². The number of hydrogen-bond acceptors (Lipinski definition) is 10. The smallest absolute Gasteiger partial charge is 0.343 e. The lowest BCUT2D eigenvalue weighted by molar-refractivity contribution is -0.137. The number of phenolic OH excluding ortho intramolecular Hbond substituents is 1. The van der Waals surface area contributed by atoms with Crippen LogP contribution >= 0.6 is 0 Å². The maximum absolute atomic E-state index is 12.5. The van der Waals surface area contributed by atoms with E-state index in [1.54, 1.807) is 54.6 Å². The molecule has 0 fully saturated rings. The molecular weight excluding hydrogens is 540 g/mol. The molecule has 3 aromatic rings. The van der Waals surface area contributed by atoms with Crippen LogP contribution in [0.3, 0.4) is 0 Å². The van der Waals surface area contributed by atoms with Crippen LogP contribution in [0.25, 0.3) is 0 Å². The summed E-state index contributed by atoms with van der Waals surface area (Å²) in [5, 5.41) is 17.7. The van der Waals surface area contributed by atoms with Gasteiger partial charge in [-0.3, -0.25) is 0 Å². The number of carbonyl (C=O) groups excluding carboxylic acids is 3. The van der Waals surface area contributed by atoms with Crippen LogP contribution < -0.4 is 9.47 Å². The third-order valence-electron chi connectivity index (χ3n) is 5.81. The van der Waals surface area contributed by atoms with Crippen molar-refractivity contribution in [2.24, 2.45) is 10.2 Å². The van der Waals surface area contributed by atoms with E-state index in [-0.39, 0.29) is 11.3 Å². The van der Waals surface area contributed by atoms with E-state index in [0.717, 1.165) is 37.3 Å². The van der Waals surface area contributed by atoms with Crippen molar-refractivity contribution < 1.29 is 38.4 Å². The van der Waals surface area contributed by atoms with Crippen LogP contribution in [-0.2, 0) is 14.3 Å². The highest BCUT2D eigenvalue weighted by atomic mass is 16.5. The summed E-state index contributed by atoms with van der Waals surface area (Å²) < 4.78 is 20.7. The van der Waals surface area contributed by atoms with Crippen LogP contribution in [0.2, 0.25) is 0 Å². The van der Waals surface area contributed by atoms with Crippen LogP contribution in [-0.4, -0.2) is 55.8 Å². The van der Waals surface area contributed by atoms with Crippen molar-refractivity contribution in [1.82, 2.24) is 0 Å². The second-order valence-electron chi connectivity index (χ2n) is 8.87. The Kier molecular flexibility index (Phi) is 12.5. The normalized spacial score (nSPS) is 10.9. The molecule has 0 heterocycles. The quantitative estimate of drug-likeness (QED) is 0.0629. The number of rotatable bonds is 15. The number of carbonyl (C=O) groups is 3. The summed E-state index contributed by atoms with van der Waals surface area (Å²) in [6.45, 7) is 4.29. The Morgan fingerprint density at radius 3 is 2.07 bits per heavy atom. The second-order valence-corrected chi connectivity index (χ2v) is 8.87. The summed E-state index contributed by atoms with van der Waals surface area (Å²) in [5.41, 5.74) is 1.71. The van der Waals surface area contributed by atoms with Crippen molar-refractivity contribution in [2.75, 3.05) is 20.3 Å². The molecule has 0 aliphatic rings. The van der Waals surface area contributed by atoms with Crippen molar-refractivity contribution in [1.29, 1.82) is 0 Å². The first kappa shape index (κ1) is 31.3. The van der Waals surface area contributed by atoms with Gasteiger partial charge in [-0.05, 0) is 104 Å². The molecule has 3 rings (SSSR count). The molecule has 0 aromatic heterocycles. The van der Waals surface area contributed by atoms with E-state index in [0.29, 0.717) is 35.8 Å². The standard InChI is InChI=1S/C32H32N2O8/c1-3-30(36)41-19-7-5-4-6-18-40-26-15-11-25(12-16-26)31(37)42-27-13-8-23(9-14-27)21-33-34-22-24-10-17-29(35)28(20-24)32(38)39-2/h3,8-17,20-22,35H,1,4-7,18-19H2,2H3/b33-21+,34-22+. The Labute approximate surface area is 243 Å². The highest BCUT2D eigenvalue weighted by molar-refractivity contribution is 5.95. The molecule has 0 spiro atoms. The van der Waals surface area contributed by atoms with Crippen LogP contribution in [0.15, 0.2) is 89.6 Å². The van der Waals surface area contributed by atoms with E-state index >= 15 is 0 Å². The lowest BCUT2D eigenvalue weighted by Gasteiger charge is -2.08. The highest BCUT2D eigenvalue weighted by Crippen LogP contribution is 2.19. The molecule has 0 aliphatic heterocycles. The van der Waals surface area contributed by atoms with E-state index in [1.165, 1.54) is 31.7 Å². The summed E-state index contributed by atoms with van der Waals surface area (Å²) >= 11 is 0. The average Bonchev–Trinajstić information content (AvgIpc) is 3.01. The number of hydrogen-bond donors (Lipinski definition) is 1. The fourth-order valence-corrected chi connectivity index (χ4v) is 3.56. The number of nitrogens with zero attached hydrogens (tertiary/aromatic N) is 2. The molecule has 0 atom stereocenters. The van der Waals surface area contributed by atoms with Crippen molar-refractivity contribution in [3.8, 4) is 17.2 Å². The second kappa shape index (κ2) is 16.8. The first-order valence-electron chi connectivity index (χ1n) is 13.2. The number of phenols is 1. The molecule has 0 aliphatic carbocycles. The van der Waals surface area contributed by atoms with E-state index in [1.807, 2.05) is 0 Å². The topological polar surface area (TPSA) is 133 Å². The van der Waals surface area contributed by atoms with Gasteiger partial charge in [0, 0.05) is 6.08 Å². The highest BCUT2D eigenvalue weighted by Gasteiger charge is 2.11. The molecule has 3 aromatic carbocycles. The molecular formula is C32H32N2O8. The molecule has 42 heavy (non-hydrogen) atoms. The lowest BCUT2D eigenvalue weighted by Crippen LogP contribution is -2.08. The number of esters is 3. The maximum Gasteiger partial charge on any atom is 0.343 e. The molecule has 10 heteroatoms. The predicted octanol–water partition coefficient (Wildman–Crippen LogP) is 5.52. The Bertz CT molecular complexity index is 1410. The van der Waals surface area contributed by atoms with Crippen molar-refractivity contribution >= 4 is 30.3 Å². The zero-order valence-corrected chi connectivity index (χ0v) is 23.2. The molecule has 0 unspecified atom stereocenters. The molecule has 0 radical (unpaired) electrons. The number of ether oxygens (including phenoxy) is 4. The third kappa shape index (κ3) is 10.4. The monoisotopic (exact) mass is 572 g/mol. The fraction of sp³-hybridized carbons (Fsp3) is 0.219. The molecule has 218 valence electrons. The van der Waals surface area contributed by atoms with E-state index in [9.17, 15) is 19.5 Å². The fourth-order valence-electron chi connectivity index (χ4n) is 3.56. The number of unbranched alkanes of at least 4 members (excludes halogenated alkanes) is 3. The number of methoxy groups -OCH3 is 1. The maximum atomic E-state index is 12.5. The van der Waals surface area contributed by atoms with E-state index < -0.39 is 17.9 Å². The van der Waals surface area contributed by atoms with Gasteiger partial charge in [0.25, 0.3) is 0 Å². The van der Waals surface area contributed by atoms with Gasteiger partial charge in [0.1, 0.15) is 22.8 Å². The molecule has 0 saturated carbocycles. The summed E-state index contributed by atoms with van der Waals surface area (Å²) in [5.74, 6) is -0.702. The van der Waals surface area contributed by atoms with Gasteiger partial charge in [0.15, 0.2) is 0 Å². The Balaban J connectivity index is 1.40. The van der Waals surface area contributed by atoms with Gasteiger partial charge < -0.3 is 24.1 Å². The van der Waals surface area contributed by atoms with Gasteiger partial charge in [0.2, 0.25) is 0 Å². The lowest BCUT2D eigenvalue weighted by atomic mass is 10.1. The first-order chi connectivity index (χ1) is 20.4. The van der Waals surface area contributed by atoms with Crippen LogP contribution in [0.5, 0.6) is 17.2 Å². The average molecular weight is 573 g/mol. The minimum atomic E-state index is -0.653. The molecule has 0 bridgehead atoms. The minimum Gasteiger partial charge on any atom is -0.507 e. The van der Waals surface area contributed by atoms with Crippen molar-refractivity contribution in [3.05, 3.63) is 102 Å². The van der Waals surface area contributed by atoms with Gasteiger partial charge in [-0.25, -0.2) is 14.4 Å². The van der Waals surface area contributed by atoms with Crippen molar-refractivity contribution in [3.63, 3.8) is 0 Å². The minimum absolute atomic E-state index is 0.0326. The molecule has 10 nitrogen and oxygen atoms in total. The summed E-state index contributed by atoms with van der Waals surface area (Å²) in [6.07, 6.45) is 7.65. The van der Waals surface area contributed by atoms with E-state index in [2.05, 4.69) is 21.5 Å².